The molecule has 0 fully saturated rings. The standard InChI is InChI=1S/C18H17N3O5S/c1-10-2-3-12-13(8-27-17(12)4-10)18(22)20-19-7-11-5-15-16(26-9-25-15)6-14(11)21(23)24/h5-8,10H,2-4,9H2,1H3,(H,20,22)/b19-7-/t10-/m0/s1. The molecule has 9 heteroatoms. The van der Waals surface area contributed by atoms with Crippen LogP contribution in [0.15, 0.2) is 22.6 Å². The zero-order valence-corrected chi connectivity index (χ0v) is 15.4. The van der Waals surface area contributed by atoms with E-state index >= 15 is 0 Å². The highest BCUT2D eigenvalue weighted by Crippen LogP contribution is 2.37. The van der Waals surface area contributed by atoms with E-state index in [0.29, 0.717) is 23.0 Å². The van der Waals surface area contributed by atoms with Crippen molar-refractivity contribution in [2.75, 3.05) is 6.79 Å². The van der Waals surface area contributed by atoms with Gasteiger partial charge in [0.2, 0.25) is 6.79 Å². The third kappa shape index (κ3) is 3.37. The van der Waals surface area contributed by atoms with Crippen molar-refractivity contribution in [1.82, 2.24) is 5.43 Å². The average molecular weight is 387 g/mol. The van der Waals surface area contributed by atoms with Crippen LogP contribution in [0.4, 0.5) is 5.69 Å². The van der Waals surface area contributed by atoms with E-state index < -0.39 is 4.92 Å². The molecule has 1 aliphatic carbocycles. The van der Waals surface area contributed by atoms with Crippen molar-refractivity contribution in [1.29, 1.82) is 0 Å². The third-order valence-electron chi connectivity index (χ3n) is 4.73. The van der Waals surface area contributed by atoms with Crippen LogP contribution in [-0.4, -0.2) is 23.8 Å². The van der Waals surface area contributed by atoms with Gasteiger partial charge in [0, 0.05) is 10.3 Å². The van der Waals surface area contributed by atoms with Gasteiger partial charge in [-0.25, -0.2) is 5.43 Å². The lowest BCUT2D eigenvalue weighted by Crippen LogP contribution is -2.20. The monoisotopic (exact) mass is 387 g/mol. The molecule has 0 saturated carbocycles. The Morgan fingerprint density at radius 2 is 2.19 bits per heavy atom. The third-order valence-corrected chi connectivity index (χ3v) is 5.79. The van der Waals surface area contributed by atoms with Gasteiger partial charge in [-0.3, -0.25) is 14.9 Å². The molecule has 0 bridgehead atoms. The Kier molecular flexibility index (Phi) is 4.53. The lowest BCUT2D eigenvalue weighted by molar-refractivity contribution is -0.385. The SMILES string of the molecule is C[C@H]1CCc2c(C(=O)N/N=C\c3cc4c(cc3[N+](=O)[O-])OCO4)csc2C1. The minimum Gasteiger partial charge on any atom is -0.454 e. The van der Waals surface area contributed by atoms with Crippen LogP contribution < -0.4 is 14.9 Å². The average Bonchev–Trinajstić information content (AvgIpc) is 3.26. The van der Waals surface area contributed by atoms with Crippen LogP contribution >= 0.6 is 11.3 Å². The number of nitro groups is 1. The van der Waals surface area contributed by atoms with Gasteiger partial charge in [0.25, 0.3) is 11.6 Å². The molecule has 4 rings (SSSR count). The number of rotatable bonds is 4. The first-order chi connectivity index (χ1) is 13.0. The van der Waals surface area contributed by atoms with Crippen molar-refractivity contribution in [3.63, 3.8) is 0 Å². The van der Waals surface area contributed by atoms with E-state index in [2.05, 4.69) is 17.5 Å². The zero-order chi connectivity index (χ0) is 19.0. The van der Waals surface area contributed by atoms with Gasteiger partial charge in [0.1, 0.15) is 0 Å². The molecule has 27 heavy (non-hydrogen) atoms. The lowest BCUT2D eigenvalue weighted by Gasteiger charge is -2.18. The zero-order valence-electron chi connectivity index (χ0n) is 14.6. The molecular weight excluding hydrogens is 370 g/mol. The first-order valence-corrected chi connectivity index (χ1v) is 9.41. The van der Waals surface area contributed by atoms with Gasteiger partial charge in [-0.2, -0.15) is 5.10 Å². The second kappa shape index (κ2) is 6.99. The normalized spacial score (nSPS) is 17.7. The summed E-state index contributed by atoms with van der Waals surface area (Å²) in [5, 5.41) is 17.0. The number of hydrogen-bond donors (Lipinski definition) is 1. The fourth-order valence-electron chi connectivity index (χ4n) is 3.30. The molecule has 1 amide bonds. The summed E-state index contributed by atoms with van der Waals surface area (Å²) in [7, 11) is 0. The van der Waals surface area contributed by atoms with E-state index in [-0.39, 0.29) is 24.0 Å². The number of amides is 1. The summed E-state index contributed by atoms with van der Waals surface area (Å²) in [6.07, 6.45) is 4.20. The molecule has 1 aromatic carbocycles. The summed E-state index contributed by atoms with van der Waals surface area (Å²) in [5.41, 5.74) is 4.27. The molecular formula is C18H17N3O5S. The first kappa shape index (κ1) is 17.5. The van der Waals surface area contributed by atoms with E-state index in [1.807, 2.05) is 5.38 Å². The predicted molar refractivity (Wildman–Crippen MR) is 99.8 cm³/mol. The van der Waals surface area contributed by atoms with Crippen molar-refractivity contribution in [2.45, 2.75) is 26.2 Å². The fourth-order valence-corrected chi connectivity index (χ4v) is 4.54. The van der Waals surface area contributed by atoms with E-state index in [1.165, 1.54) is 23.2 Å². The minimum absolute atomic E-state index is 0.0195. The number of ether oxygens (including phenoxy) is 2. The summed E-state index contributed by atoms with van der Waals surface area (Å²) in [5.74, 6) is 1.06. The van der Waals surface area contributed by atoms with Crippen LogP contribution in [0.2, 0.25) is 0 Å². The maximum absolute atomic E-state index is 12.5. The number of fused-ring (bicyclic) bond motifs is 2. The van der Waals surface area contributed by atoms with Crippen LogP contribution in [0.3, 0.4) is 0 Å². The number of carbonyl (C=O) groups is 1. The Balaban J connectivity index is 1.52. The molecule has 2 heterocycles. The smallest absolute Gasteiger partial charge is 0.282 e. The minimum atomic E-state index is -0.526. The molecule has 0 unspecified atom stereocenters. The summed E-state index contributed by atoms with van der Waals surface area (Å²) < 4.78 is 10.4. The number of carbonyl (C=O) groups excluding carboxylic acids is 1. The summed E-state index contributed by atoms with van der Waals surface area (Å²) in [6, 6.07) is 2.77. The van der Waals surface area contributed by atoms with Crippen LogP contribution in [0.25, 0.3) is 0 Å². The quantitative estimate of drug-likeness (QED) is 0.493. The topological polar surface area (TPSA) is 103 Å². The second-order valence-corrected chi connectivity index (χ2v) is 7.58. The molecule has 0 saturated heterocycles. The molecule has 1 aliphatic heterocycles. The Hall–Kier alpha value is -2.94. The van der Waals surface area contributed by atoms with E-state index in [1.54, 1.807) is 11.3 Å². The molecule has 1 N–H and O–H groups in total. The van der Waals surface area contributed by atoms with E-state index in [9.17, 15) is 14.9 Å². The Labute approximate surface area is 158 Å². The maximum atomic E-state index is 12.5. The molecule has 2 aliphatic rings. The second-order valence-electron chi connectivity index (χ2n) is 6.62. The highest BCUT2D eigenvalue weighted by Gasteiger charge is 2.24. The van der Waals surface area contributed by atoms with Gasteiger partial charge in [-0.1, -0.05) is 6.92 Å². The van der Waals surface area contributed by atoms with Gasteiger partial charge in [-0.05, 0) is 36.8 Å². The number of hydrazone groups is 1. The van der Waals surface area contributed by atoms with Crippen molar-refractivity contribution >= 4 is 29.1 Å². The van der Waals surface area contributed by atoms with Crippen LogP contribution in [0.5, 0.6) is 11.5 Å². The van der Waals surface area contributed by atoms with Crippen molar-refractivity contribution in [2.24, 2.45) is 11.0 Å². The highest BCUT2D eigenvalue weighted by molar-refractivity contribution is 7.10. The summed E-state index contributed by atoms with van der Waals surface area (Å²) in [6.45, 7) is 2.23. The first-order valence-electron chi connectivity index (χ1n) is 8.53. The van der Waals surface area contributed by atoms with Gasteiger partial charge in [0.15, 0.2) is 11.5 Å². The van der Waals surface area contributed by atoms with Gasteiger partial charge >= 0.3 is 0 Å². The summed E-state index contributed by atoms with van der Waals surface area (Å²) >= 11 is 1.60. The predicted octanol–water partition coefficient (Wildman–Crippen LogP) is 3.27. The molecule has 8 nitrogen and oxygen atoms in total. The van der Waals surface area contributed by atoms with Crippen LogP contribution in [0.1, 0.15) is 39.7 Å². The molecule has 0 radical (unpaired) electrons. The fraction of sp³-hybridized carbons (Fsp3) is 0.333. The highest BCUT2D eigenvalue weighted by atomic mass is 32.1. The Bertz CT molecular complexity index is 953. The number of nitro benzene ring substituents is 1. The Morgan fingerprint density at radius 3 is 2.96 bits per heavy atom. The van der Waals surface area contributed by atoms with Gasteiger partial charge in [-0.15, -0.1) is 11.3 Å². The largest absolute Gasteiger partial charge is 0.454 e. The molecule has 2 aromatic rings. The van der Waals surface area contributed by atoms with Crippen molar-refractivity contribution in [3.05, 3.63) is 49.2 Å². The van der Waals surface area contributed by atoms with Crippen LogP contribution in [0, 0.1) is 16.0 Å². The summed E-state index contributed by atoms with van der Waals surface area (Å²) in [4.78, 5) is 24.4. The number of nitrogens with zero attached hydrogens (tertiary/aromatic N) is 2. The van der Waals surface area contributed by atoms with Gasteiger partial charge in [0.05, 0.1) is 28.3 Å². The molecule has 1 atom stereocenters. The lowest BCUT2D eigenvalue weighted by atomic mass is 9.88. The van der Waals surface area contributed by atoms with Crippen molar-refractivity contribution < 1.29 is 19.2 Å². The van der Waals surface area contributed by atoms with Gasteiger partial charge < -0.3 is 9.47 Å². The molecule has 1 aromatic heterocycles. The van der Waals surface area contributed by atoms with Crippen LogP contribution in [-0.2, 0) is 12.8 Å². The van der Waals surface area contributed by atoms with E-state index in [0.717, 1.165) is 24.8 Å². The number of thiophene rings is 1. The maximum Gasteiger partial charge on any atom is 0.282 e. The number of nitrogens with one attached hydrogen (secondary N) is 1. The van der Waals surface area contributed by atoms with E-state index in [4.69, 9.17) is 9.47 Å². The number of benzene rings is 1. The molecule has 0 spiro atoms. The Morgan fingerprint density at radius 1 is 1.41 bits per heavy atom. The number of hydrogen-bond acceptors (Lipinski definition) is 7. The molecule has 140 valence electrons. The van der Waals surface area contributed by atoms with Crippen molar-refractivity contribution in [3.8, 4) is 11.5 Å².